The van der Waals surface area contributed by atoms with Crippen LogP contribution >= 0.6 is 11.6 Å². The van der Waals surface area contributed by atoms with Crippen molar-refractivity contribution in [1.29, 1.82) is 0 Å². The van der Waals surface area contributed by atoms with Crippen molar-refractivity contribution in [3.63, 3.8) is 0 Å². The van der Waals surface area contributed by atoms with E-state index in [1.165, 1.54) is 0 Å². The summed E-state index contributed by atoms with van der Waals surface area (Å²) in [5, 5.41) is 7.62. The normalized spacial score (nSPS) is 12.7. The number of ether oxygens (including phenoxy) is 2. The lowest BCUT2D eigenvalue weighted by molar-refractivity contribution is -0.119. The molecule has 1 aromatic heterocycles. The number of nitrogens with one attached hydrogen (secondary N) is 1. The van der Waals surface area contributed by atoms with Crippen LogP contribution in [0.3, 0.4) is 0 Å². The van der Waals surface area contributed by atoms with E-state index in [0.29, 0.717) is 66.9 Å². The fraction of sp³-hybridized carbons (Fsp3) is 0.281. The first kappa shape index (κ1) is 32.0. The molecule has 0 aliphatic carbocycles. The highest BCUT2D eigenvalue weighted by Crippen LogP contribution is 2.40. The number of amides is 2. The van der Waals surface area contributed by atoms with Crippen LogP contribution in [0.1, 0.15) is 34.3 Å². The maximum absolute atomic E-state index is 13.2. The van der Waals surface area contributed by atoms with E-state index >= 15 is 0 Å². The van der Waals surface area contributed by atoms with Gasteiger partial charge in [0.05, 0.1) is 37.3 Å². The zero-order valence-corrected chi connectivity index (χ0v) is 26.2. The van der Waals surface area contributed by atoms with Gasteiger partial charge >= 0.3 is 0 Å². The third kappa shape index (κ3) is 8.21. The fourth-order valence-electron chi connectivity index (χ4n) is 5.00. The summed E-state index contributed by atoms with van der Waals surface area (Å²) in [5.74, 6) is 0.306. The van der Waals surface area contributed by atoms with E-state index in [9.17, 15) is 18.0 Å². The Morgan fingerprint density at radius 2 is 1.93 bits per heavy atom. The molecule has 5 rings (SSSR count). The van der Waals surface area contributed by atoms with Crippen molar-refractivity contribution in [2.45, 2.75) is 26.3 Å². The quantitative estimate of drug-likeness (QED) is 0.165. The van der Waals surface area contributed by atoms with Crippen LogP contribution in [0.25, 0.3) is 11.1 Å². The summed E-state index contributed by atoms with van der Waals surface area (Å²) in [6.07, 6.45) is 4.46. The van der Waals surface area contributed by atoms with Gasteiger partial charge in [0.1, 0.15) is 12.4 Å². The van der Waals surface area contributed by atoms with Crippen molar-refractivity contribution in [2.24, 2.45) is 0 Å². The number of rotatable bonds is 12. The SMILES string of the molecule is Cc1c(Cl)cccc1OCCCC(=O)N1CCOc2c(-c3cnn(Cc4cccc(C(=O)NCCS(=O)(=O)O)c4)c3)cccc21. The highest BCUT2D eigenvalue weighted by Gasteiger charge is 2.26. The number of hydrogen-bond acceptors (Lipinski definition) is 7. The molecule has 0 spiro atoms. The van der Waals surface area contributed by atoms with Crippen LogP contribution in [0.15, 0.2) is 73.1 Å². The van der Waals surface area contributed by atoms with E-state index in [1.54, 1.807) is 34.0 Å². The Hall–Kier alpha value is -4.39. The molecule has 0 saturated carbocycles. The summed E-state index contributed by atoms with van der Waals surface area (Å²) in [6.45, 7) is 3.28. The Labute approximate surface area is 266 Å². The van der Waals surface area contributed by atoms with Gasteiger partial charge in [-0.3, -0.25) is 18.8 Å². The number of aromatic nitrogens is 2. The van der Waals surface area contributed by atoms with E-state index < -0.39 is 21.8 Å². The van der Waals surface area contributed by atoms with E-state index in [-0.39, 0.29) is 12.5 Å². The first-order valence-corrected chi connectivity index (χ1v) is 16.4. The maximum atomic E-state index is 13.2. The maximum Gasteiger partial charge on any atom is 0.266 e. The van der Waals surface area contributed by atoms with Crippen LogP contribution < -0.4 is 19.7 Å². The minimum absolute atomic E-state index is 0.0132. The monoisotopic (exact) mass is 652 g/mol. The molecule has 0 saturated heterocycles. The van der Waals surface area contributed by atoms with Gasteiger partial charge in [-0.25, -0.2) is 0 Å². The van der Waals surface area contributed by atoms with Crippen molar-refractivity contribution in [2.75, 3.05) is 37.0 Å². The second-order valence-electron chi connectivity index (χ2n) is 10.5. The number of para-hydroxylation sites is 1. The molecule has 13 heteroatoms. The number of carbonyl (C=O) groups is 2. The minimum atomic E-state index is -4.16. The molecule has 2 heterocycles. The summed E-state index contributed by atoms with van der Waals surface area (Å²) >= 11 is 6.17. The standard InChI is InChI=1S/C32H33ClN4O7S/c1-22-27(33)9-4-11-29(22)43-15-5-12-30(38)37-14-16-44-31-26(8-3-10-28(31)37)25-19-35-36(21-25)20-23-6-2-7-24(18-23)32(39)34-13-17-45(40,41)42/h2-4,6-11,18-19,21H,5,12-17,20H2,1H3,(H,34,39)(H,40,41,42). The second kappa shape index (κ2) is 14.1. The van der Waals surface area contributed by atoms with Crippen molar-refractivity contribution in [3.8, 4) is 22.6 Å². The van der Waals surface area contributed by atoms with E-state index in [4.69, 9.17) is 25.6 Å². The number of halogens is 1. The summed E-state index contributed by atoms with van der Waals surface area (Å²) in [6, 6.07) is 18.1. The van der Waals surface area contributed by atoms with Gasteiger partial charge < -0.3 is 19.7 Å². The minimum Gasteiger partial charge on any atom is -0.493 e. The molecule has 236 valence electrons. The smallest absolute Gasteiger partial charge is 0.266 e. The average molecular weight is 653 g/mol. The van der Waals surface area contributed by atoms with Crippen LogP contribution in [0, 0.1) is 6.92 Å². The summed E-state index contributed by atoms with van der Waals surface area (Å²) in [7, 11) is -4.16. The van der Waals surface area contributed by atoms with Crippen molar-refractivity contribution in [3.05, 3.63) is 94.8 Å². The molecule has 3 aromatic carbocycles. The lowest BCUT2D eigenvalue weighted by atomic mass is 10.1. The zero-order chi connectivity index (χ0) is 32.0. The van der Waals surface area contributed by atoms with Crippen LogP contribution in [0.2, 0.25) is 5.02 Å². The van der Waals surface area contributed by atoms with Crippen LogP contribution in [0.5, 0.6) is 11.5 Å². The molecule has 1 aliphatic heterocycles. The Bertz CT molecular complexity index is 1810. The molecule has 1 aliphatic rings. The molecule has 4 aromatic rings. The summed E-state index contributed by atoms with van der Waals surface area (Å²) < 4.78 is 44.3. The van der Waals surface area contributed by atoms with E-state index in [2.05, 4.69) is 10.4 Å². The first-order chi connectivity index (χ1) is 21.6. The number of fused-ring (bicyclic) bond motifs is 1. The van der Waals surface area contributed by atoms with Crippen molar-refractivity contribution in [1.82, 2.24) is 15.1 Å². The Morgan fingerprint density at radius 3 is 2.76 bits per heavy atom. The topological polar surface area (TPSA) is 140 Å². The number of nitrogens with zero attached hydrogens (tertiary/aromatic N) is 3. The number of anilines is 1. The largest absolute Gasteiger partial charge is 0.493 e. The van der Waals surface area contributed by atoms with Gasteiger partial charge in [-0.1, -0.05) is 41.9 Å². The van der Waals surface area contributed by atoms with Gasteiger partial charge in [-0.15, -0.1) is 0 Å². The Balaban J connectivity index is 1.22. The van der Waals surface area contributed by atoms with E-state index in [0.717, 1.165) is 22.3 Å². The molecule has 45 heavy (non-hydrogen) atoms. The van der Waals surface area contributed by atoms with Gasteiger partial charge in [0.25, 0.3) is 16.0 Å². The molecule has 0 fully saturated rings. The van der Waals surface area contributed by atoms with Crippen LogP contribution in [-0.2, 0) is 21.5 Å². The molecule has 0 bridgehead atoms. The molecule has 2 amide bonds. The van der Waals surface area contributed by atoms with Crippen LogP contribution in [-0.4, -0.2) is 66.6 Å². The highest BCUT2D eigenvalue weighted by atomic mass is 35.5. The average Bonchev–Trinajstić information content (AvgIpc) is 3.48. The van der Waals surface area contributed by atoms with Gasteiger partial charge in [0, 0.05) is 46.4 Å². The highest BCUT2D eigenvalue weighted by molar-refractivity contribution is 7.85. The zero-order valence-electron chi connectivity index (χ0n) is 24.6. The van der Waals surface area contributed by atoms with Crippen molar-refractivity contribution >= 4 is 39.2 Å². The second-order valence-corrected chi connectivity index (χ2v) is 12.5. The predicted octanol–water partition coefficient (Wildman–Crippen LogP) is 4.76. The van der Waals surface area contributed by atoms with Gasteiger partial charge in [0.2, 0.25) is 5.91 Å². The lowest BCUT2D eigenvalue weighted by Gasteiger charge is -2.31. The molecule has 0 atom stereocenters. The fourth-order valence-corrected chi connectivity index (χ4v) is 5.53. The molecule has 2 N–H and O–H groups in total. The lowest BCUT2D eigenvalue weighted by Crippen LogP contribution is -2.38. The molecule has 0 unspecified atom stereocenters. The first-order valence-electron chi connectivity index (χ1n) is 14.4. The molecule has 0 radical (unpaired) electrons. The third-order valence-electron chi connectivity index (χ3n) is 7.28. The number of carbonyl (C=O) groups excluding carboxylic acids is 2. The van der Waals surface area contributed by atoms with E-state index in [1.807, 2.05) is 55.6 Å². The Morgan fingerprint density at radius 1 is 1.13 bits per heavy atom. The third-order valence-corrected chi connectivity index (χ3v) is 8.41. The number of hydrogen-bond donors (Lipinski definition) is 2. The summed E-state index contributed by atoms with van der Waals surface area (Å²) in [4.78, 5) is 27.4. The molecule has 11 nitrogen and oxygen atoms in total. The van der Waals surface area contributed by atoms with Gasteiger partial charge in [-0.05, 0) is 49.2 Å². The van der Waals surface area contributed by atoms with Crippen LogP contribution in [0.4, 0.5) is 5.69 Å². The predicted molar refractivity (Wildman–Crippen MR) is 171 cm³/mol. The van der Waals surface area contributed by atoms with Gasteiger partial charge in [-0.2, -0.15) is 13.5 Å². The number of benzene rings is 3. The Kier molecular flexibility index (Phi) is 10.1. The van der Waals surface area contributed by atoms with Gasteiger partial charge in [0.15, 0.2) is 5.75 Å². The molecular weight excluding hydrogens is 620 g/mol. The summed E-state index contributed by atoms with van der Waals surface area (Å²) in [5.41, 5.74) is 4.36. The molecular formula is C32H33ClN4O7S. The van der Waals surface area contributed by atoms with Crippen molar-refractivity contribution < 1.29 is 32.0 Å².